The first-order chi connectivity index (χ1) is 7.66. The number of hydrogen-bond acceptors (Lipinski definition) is 4. The highest BCUT2D eigenvalue weighted by Gasteiger charge is 2.33. The number of nitrogens with zero attached hydrogens (tertiary/aromatic N) is 1. The summed E-state index contributed by atoms with van der Waals surface area (Å²) in [7, 11) is 0. The summed E-state index contributed by atoms with van der Waals surface area (Å²) >= 11 is 6.93. The lowest BCUT2D eigenvalue weighted by molar-refractivity contribution is -0.109. The van der Waals surface area contributed by atoms with E-state index in [0.717, 1.165) is 44.1 Å². The van der Waals surface area contributed by atoms with Crippen LogP contribution in [0.4, 0.5) is 0 Å². The van der Waals surface area contributed by atoms with Crippen LogP contribution in [0.3, 0.4) is 0 Å². The largest absolute Gasteiger partial charge is 0.381 e. The standard InChI is InChI=1S/C11H17NO2S2/c1-8(13)16-10-6-12(7-10)11(15)9-2-4-14-5-3-9/h9-10H,2-7H2,1H3. The third-order valence-corrected chi connectivity index (χ3v) is 4.62. The highest BCUT2D eigenvalue weighted by atomic mass is 32.2. The quantitative estimate of drug-likeness (QED) is 0.704. The Labute approximate surface area is 106 Å². The molecule has 0 aromatic rings. The topological polar surface area (TPSA) is 29.5 Å². The van der Waals surface area contributed by atoms with Crippen LogP contribution in [0.25, 0.3) is 0 Å². The summed E-state index contributed by atoms with van der Waals surface area (Å²) in [6, 6.07) is 0. The molecule has 0 aromatic carbocycles. The molecule has 3 nitrogen and oxygen atoms in total. The van der Waals surface area contributed by atoms with Crippen molar-refractivity contribution in [2.45, 2.75) is 25.0 Å². The predicted molar refractivity (Wildman–Crippen MR) is 69.8 cm³/mol. The predicted octanol–water partition coefficient (Wildman–Crippen LogP) is 1.70. The minimum atomic E-state index is 0.210. The zero-order valence-corrected chi connectivity index (χ0v) is 11.1. The molecule has 2 heterocycles. The van der Waals surface area contributed by atoms with E-state index in [1.807, 2.05) is 0 Å². The fraction of sp³-hybridized carbons (Fsp3) is 0.818. The van der Waals surface area contributed by atoms with Crippen molar-refractivity contribution in [3.63, 3.8) is 0 Å². The van der Waals surface area contributed by atoms with E-state index in [9.17, 15) is 4.79 Å². The van der Waals surface area contributed by atoms with Crippen LogP contribution >= 0.6 is 24.0 Å². The van der Waals surface area contributed by atoms with Crippen molar-refractivity contribution in [1.29, 1.82) is 0 Å². The Morgan fingerprint density at radius 2 is 2.00 bits per heavy atom. The van der Waals surface area contributed by atoms with Crippen molar-refractivity contribution in [3.05, 3.63) is 0 Å². The van der Waals surface area contributed by atoms with Gasteiger partial charge in [-0.2, -0.15) is 0 Å². The number of rotatable bonds is 2. The Kier molecular flexibility index (Phi) is 4.21. The first kappa shape index (κ1) is 12.3. The second-order valence-electron chi connectivity index (χ2n) is 4.36. The third-order valence-electron chi connectivity index (χ3n) is 3.06. The summed E-state index contributed by atoms with van der Waals surface area (Å²) in [5.41, 5.74) is 0. The highest BCUT2D eigenvalue weighted by Crippen LogP contribution is 2.27. The van der Waals surface area contributed by atoms with E-state index in [2.05, 4.69) is 4.90 Å². The number of carbonyl (C=O) groups excluding carboxylic acids is 1. The molecule has 16 heavy (non-hydrogen) atoms. The number of thiocarbonyl (C=S) groups is 1. The van der Waals surface area contributed by atoms with Gasteiger partial charge in [-0.25, -0.2) is 0 Å². The van der Waals surface area contributed by atoms with Crippen molar-refractivity contribution < 1.29 is 9.53 Å². The Morgan fingerprint density at radius 1 is 1.38 bits per heavy atom. The van der Waals surface area contributed by atoms with Gasteiger partial charge in [0.25, 0.3) is 0 Å². The monoisotopic (exact) mass is 259 g/mol. The molecule has 0 unspecified atom stereocenters. The normalized spacial score (nSPS) is 22.9. The van der Waals surface area contributed by atoms with Crippen LogP contribution in [0.5, 0.6) is 0 Å². The van der Waals surface area contributed by atoms with Crippen LogP contribution in [0.15, 0.2) is 0 Å². The maximum Gasteiger partial charge on any atom is 0.186 e. The van der Waals surface area contributed by atoms with Gasteiger partial charge in [0.1, 0.15) is 0 Å². The molecule has 5 heteroatoms. The van der Waals surface area contributed by atoms with E-state index in [4.69, 9.17) is 17.0 Å². The van der Waals surface area contributed by atoms with Crippen LogP contribution in [0.2, 0.25) is 0 Å². The second-order valence-corrected chi connectivity index (χ2v) is 6.26. The molecule has 2 aliphatic rings. The minimum absolute atomic E-state index is 0.210. The molecule has 0 bridgehead atoms. The summed E-state index contributed by atoms with van der Waals surface area (Å²) in [6.07, 6.45) is 2.11. The van der Waals surface area contributed by atoms with E-state index < -0.39 is 0 Å². The Bertz CT molecular complexity index is 284. The number of hydrogen-bond donors (Lipinski definition) is 0. The SMILES string of the molecule is CC(=O)SC1CN(C(=S)C2CCOCC2)C1. The molecule has 2 saturated heterocycles. The Morgan fingerprint density at radius 3 is 2.56 bits per heavy atom. The molecule has 0 spiro atoms. The van der Waals surface area contributed by atoms with Gasteiger partial charge in [0, 0.05) is 44.4 Å². The molecule has 0 saturated carbocycles. The second kappa shape index (κ2) is 5.47. The van der Waals surface area contributed by atoms with Gasteiger partial charge in [0.2, 0.25) is 0 Å². The lowest BCUT2D eigenvalue weighted by Gasteiger charge is -2.43. The van der Waals surface area contributed by atoms with Gasteiger partial charge in [0.15, 0.2) is 5.12 Å². The fourth-order valence-electron chi connectivity index (χ4n) is 2.13. The van der Waals surface area contributed by atoms with Gasteiger partial charge in [-0.1, -0.05) is 24.0 Å². The van der Waals surface area contributed by atoms with E-state index in [-0.39, 0.29) is 5.12 Å². The average Bonchev–Trinajstić information content (AvgIpc) is 2.23. The maximum atomic E-state index is 10.9. The molecule has 0 N–H and O–H groups in total. The zero-order valence-electron chi connectivity index (χ0n) is 9.48. The lowest BCUT2D eigenvalue weighted by atomic mass is 9.98. The van der Waals surface area contributed by atoms with Gasteiger partial charge in [-0.15, -0.1) is 0 Å². The molecule has 0 atom stereocenters. The van der Waals surface area contributed by atoms with Gasteiger partial charge < -0.3 is 9.64 Å². The molecular formula is C11H17NO2S2. The van der Waals surface area contributed by atoms with Crippen LogP contribution in [0.1, 0.15) is 19.8 Å². The molecule has 0 aromatic heterocycles. The molecule has 90 valence electrons. The first-order valence-corrected chi connectivity index (χ1v) is 6.99. The summed E-state index contributed by atoms with van der Waals surface area (Å²) < 4.78 is 5.33. The Balaban J connectivity index is 1.74. The molecule has 0 amide bonds. The van der Waals surface area contributed by atoms with Crippen molar-refractivity contribution in [2.24, 2.45) is 5.92 Å². The summed E-state index contributed by atoms with van der Waals surface area (Å²) in [5, 5.41) is 0.664. The third kappa shape index (κ3) is 2.96. The van der Waals surface area contributed by atoms with Crippen LogP contribution in [-0.2, 0) is 9.53 Å². The van der Waals surface area contributed by atoms with E-state index in [0.29, 0.717) is 11.2 Å². The van der Waals surface area contributed by atoms with Gasteiger partial charge >= 0.3 is 0 Å². The Hall–Kier alpha value is -0.130. The highest BCUT2D eigenvalue weighted by molar-refractivity contribution is 8.14. The number of likely N-dealkylation sites (tertiary alicyclic amines) is 1. The van der Waals surface area contributed by atoms with Gasteiger partial charge in [0.05, 0.1) is 4.99 Å². The molecule has 2 rings (SSSR count). The molecular weight excluding hydrogens is 242 g/mol. The summed E-state index contributed by atoms with van der Waals surface area (Å²) in [5.74, 6) is 0.520. The van der Waals surface area contributed by atoms with Crippen molar-refractivity contribution >= 4 is 34.1 Å². The van der Waals surface area contributed by atoms with Gasteiger partial charge in [-0.3, -0.25) is 4.79 Å². The smallest absolute Gasteiger partial charge is 0.186 e. The number of carbonyl (C=O) groups is 1. The van der Waals surface area contributed by atoms with Crippen molar-refractivity contribution in [2.75, 3.05) is 26.3 Å². The van der Waals surface area contributed by atoms with E-state index in [1.165, 1.54) is 11.8 Å². The van der Waals surface area contributed by atoms with Crippen molar-refractivity contribution in [3.8, 4) is 0 Å². The molecule has 0 radical (unpaired) electrons. The minimum Gasteiger partial charge on any atom is -0.381 e. The first-order valence-electron chi connectivity index (χ1n) is 5.70. The molecule has 0 aliphatic carbocycles. The zero-order chi connectivity index (χ0) is 11.5. The van der Waals surface area contributed by atoms with Crippen LogP contribution in [-0.4, -0.2) is 46.6 Å². The lowest BCUT2D eigenvalue weighted by Crippen LogP contribution is -2.54. The van der Waals surface area contributed by atoms with Crippen molar-refractivity contribution in [1.82, 2.24) is 4.90 Å². The van der Waals surface area contributed by atoms with Crippen LogP contribution in [0, 0.1) is 5.92 Å². The number of ether oxygens (including phenoxy) is 1. The van der Waals surface area contributed by atoms with Crippen LogP contribution < -0.4 is 0 Å². The van der Waals surface area contributed by atoms with E-state index in [1.54, 1.807) is 6.92 Å². The maximum absolute atomic E-state index is 10.9. The van der Waals surface area contributed by atoms with Gasteiger partial charge in [-0.05, 0) is 12.8 Å². The fourth-order valence-corrected chi connectivity index (χ4v) is 3.49. The average molecular weight is 259 g/mol. The molecule has 2 aliphatic heterocycles. The summed E-state index contributed by atoms with van der Waals surface area (Å²) in [6.45, 7) is 5.19. The summed E-state index contributed by atoms with van der Waals surface area (Å²) in [4.78, 5) is 14.2. The molecule has 2 fully saturated rings. The van der Waals surface area contributed by atoms with E-state index >= 15 is 0 Å². The number of thioether (sulfide) groups is 1.